The molecule has 0 radical (unpaired) electrons. The van der Waals surface area contributed by atoms with Gasteiger partial charge in [0.1, 0.15) is 5.52 Å². The molecule has 0 bridgehead atoms. The number of methoxy groups -OCH3 is 2. The van der Waals surface area contributed by atoms with E-state index >= 15 is 0 Å². The zero-order valence-electron chi connectivity index (χ0n) is 11.3. The number of nitrogens with zero attached hydrogens (tertiary/aromatic N) is 2. The zero-order chi connectivity index (χ0) is 14.9. The van der Waals surface area contributed by atoms with Crippen molar-refractivity contribution in [1.29, 1.82) is 0 Å². The number of halogens is 2. The van der Waals surface area contributed by atoms with Crippen molar-refractivity contribution in [2.24, 2.45) is 0 Å². The van der Waals surface area contributed by atoms with Gasteiger partial charge in [0.2, 0.25) is 0 Å². The minimum atomic E-state index is -0.781. The predicted molar refractivity (Wildman–Crippen MR) is 77.9 cm³/mol. The van der Waals surface area contributed by atoms with Gasteiger partial charge in [0.25, 0.3) is 11.8 Å². The average Bonchev–Trinajstić information content (AvgIpc) is 2.46. The number of aliphatic hydroxyl groups excluding tert-OH is 1. The maximum absolute atomic E-state index is 10.1. The Labute approximate surface area is 126 Å². The molecular weight excluding hydrogens is 303 g/mol. The summed E-state index contributed by atoms with van der Waals surface area (Å²) in [6, 6.07) is 1.58. The van der Waals surface area contributed by atoms with Gasteiger partial charge in [-0.15, -0.1) is 0 Å². The number of rotatable bonds is 4. The third-order valence-electron chi connectivity index (χ3n) is 2.93. The first-order valence-electron chi connectivity index (χ1n) is 5.99. The molecule has 2 rings (SSSR count). The lowest BCUT2D eigenvalue weighted by Gasteiger charge is -2.15. The molecule has 5 nitrogen and oxygen atoms in total. The second kappa shape index (κ2) is 5.99. The fourth-order valence-corrected chi connectivity index (χ4v) is 2.38. The van der Waals surface area contributed by atoms with Gasteiger partial charge >= 0.3 is 0 Å². The normalized spacial score (nSPS) is 12.5. The fourth-order valence-electron chi connectivity index (χ4n) is 1.91. The standard InChI is InChI=1S/C13H14Cl2N2O3/c1-4-8(18)9-10(15)6(14)5-7-11(9)17-13(20-3)12(16-7)19-2/h5,8,18H,4H2,1-3H3. The molecule has 1 aromatic heterocycles. The number of aromatic nitrogens is 2. The van der Waals surface area contributed by atoms with E-state index in [1.165, 1.54) is 14.2 Å². The molecule has 7 heteroatoms. The van der Waals surface area contributed by atoms with E-state index in [1.807, 2.05) is 6.92 Å². The van der Waals surface area contributed by atoms with Crippen LogP contribution in [0.25, 0.3) is 11.0 Å². The molecule has 1 aromatic carbocycles. The molecule has 20 heavy (non-hydrogen) atoms. The third-order valence-corrected chi connectivity index (χ3v) is 3.73. The molecule has 1 unspecified atom stereocenters. The molecule has 0 saturated heterocycles. The number of ether oxygens (including phenoxy) is 2. The minimum Gasteiger partial charge on any atom is -0.477 e. The first kappa shape index (κ1) is 15.1. The third kappa shape index (κ3) is 2.49. The van der Waals surface area contributed by atoms with Crippen molar-refractivity contribution in [2.45, 2.75) is 19.4 Å². The van der Waals surface area contributed by atoms with Gasteiger partial charge in [0.05, 0.1) is 35.9 Å². The summed E-state index contributed by atoms with van der Waals surface area (Å²) in [5.74, 6) is 0.471. The Bertz CT molecular complexity index is 649. The summed E-state index contributed by atoms with van der Waals surface area (Å²) >= 11 is 12.3. The van der Waals surface area contributed by atoms with Crippen LogP contribution in [0, 0.1) is 0 Å². The van der Waals surface area contributed by atoms with Gasteiger partial charge in [-0.3, -0.25) is 0 Å². The SMILES string of the molecule is CCC(O)c1c(Cl)c(Cl)cc2nc(OC)c(OC)nc12. The number of fused-ring (bicyclic) bond motifs is 1. The largest absolute Gasteiger partial charge is 0.477 e. The maximum atomic E-state index is 10.1. The number of aliphatic hydroxyl groups is 1. The van der Waals surface area contributed by atoms with Crippen LogP contribution in [0.15, 0.2) is 6.07 Å². The van der Waals surface area contributed by atoms with Crippen LogP contribution < -0.4 is 9.47 Å². The molecule has 108 valence electrons. The van der Waals surface area contributed by atoms with Crippen LogP contribution in [0.4, 0.5) is 0 Å². The summed E-state index contributed by atoms with van der Waals surface area (Å²) < 4.78 is 10.2. The van der Waals surface area contributed by atoms with Crippen LogP contribution in [-0.2, 0) is 0 Å². The van der Waals surface area contributed by atoms with Gasteiger partial charge in [0, 0.05) is 5.56 Å². The quantitative estimate of drug-likeness (QED) is 0.936. The van der Waals surface area contributed by atoms with Gasteiger partial charge in [-0.1, -0.05) is 30.1 Å². The molecular formula is C13H14Cl2N2O3. The highest BCUT2D eigenvalue weighted by Gasteiger charge is 2.21. The van der Waals surface area contributed by atoms with Crippen molar-refractivity contribution >= 4 is 34.2 Å². The molecule has 0 aliphatic heterocycles. The van der Waals surface area contributed by atoms with Crippen molar-refractivity contribution in [3.8, 4) is 11.8 Å². The lowest BCUT2D eigenvalue weighted by Crippen LogP contribution is -2.03. The molecule has 1 atom stereocenters. The van der Waals surface area contributed by atoms with Gasteiger partial charge in [0.15, 0.2) is 0 Å². The molecule has 0 saturated carbocycles. The monoisotopic (exact) mass is 316 g/mol. The second-order valence-corrected chi connectivity index (χ2v) is 4.91. The van der Waals surface area contributed by atoms with E-state index in [2.05, 4.69) is 9.97 Å². The topological polar surface area (TPSA) is 64.5 Å². The lowest BCUT2D eigenvalue weighted by molar-refractivity contribution is 0.175. The maximum Gasteiger partial charge on any atom is 0.278 e. The van der Waals surface area contributed by atoms with E-state index in [-0.39, 0.29) is 16.8 Å². The second-order valence-electron chi connectivity index (χ2n) is 4.12. The lowest BCUT2D eigenvalue weighted by atomic mass is 10.0. The highest BCUT2D eigenvalue weighted by atomic mass is 35.5. The summed E-state index contributed by atoms with van der Waals surface area (Å²) in [5, 5.41) is 10.7. The summed E-state index contributed by atoms with van der Waals surface area (Å²) in [6.07, 6.45) is -0.304. The highest BCUT2D eigenvalue weighted by molar-refractivity contribution is 6.43. The Morgan fingerprint density at radius 1 is 1.20 bits per heavy atom. The molecule has 0 aliphatic rings. The van der Waals surface area contributed by atoms with Gasteiger partial charge in [-0.25, -0.2) is 9.97 Å². The van der Waals surface area contributed by atoms with E-state index in [1.54, 1.807) is 6.07 Å². The number of hydrogen-bond acceptors (Lipinski definition) is 5. The highest BCUT2D eigenvalue weighted by Crippen LogP contribution is 2.38. The van der Waals surface area contributed by atoms with Gasteiger partial charge < -0.3 is 14.6 Å². The van der Waals surface area contributed by atoms with E-state index < -0.39 is 6.10 Å². The summed E-state index contributed by atoms with van der Waals surface area (Å²) in [7, 11) is 2.93. The van der Waals surface area contributed by atoms with E-state index in [0.29, 0.717) is 28.0 Å². The number of benzene rings is 1. The molecule has 0 aliphatic carbocycles. The first-order chi connectivity index (χ1) is 9.53. The van der Waals surface area contributed by atoms with Crippen LogP contribution in [0.3, 0.4) is 0 Å². The molecule has 2 aromatic rings. The Morgan fingerprint density at radius 3 is 2.35 bits per heavy atom. The average molecular weight is 317 g/mol. The molecule has 1 N–H and O–H groups in total. The van der Waals surface area contributed by atoms with Crippen molar-refractivity contribution in [3.63, 3.8) is 0 Å². The Morgan fingerprint density at radius 2 is 1.80 bits per heavy atom. The zero-order valence-corrected chi connectivity index (χ0v) is 12.8. The van der Waals surface area contributed by atoms with Crippen LogP contribution in [0.1, 0.15) is 25.0 Å². The fraction of sp³-hybridized carbons (Fsp3) is 0.385. The molecule has 0 spiro atoms. The molecule has 1 heterocycles. The van der Waals surface area contributed by atoms with Crippen molar-refractivity contribution in [3.05, 3.63) is 21.7 Å². The van der Waals surface area contributed by atoms with Crippen LogP contribution >= 0.6 is 23.2 Å². The smallest absolute Gasteiger partial charge is 0.278 e. The molecule has 0 fully saturated rings. The number of hydrogen-bond donors (Lipinski definition) is 1. The van der Waals surface area contributed by atoms with Crippen LogP contribution in [-0.4, -0.2) is 29.3 Å². The van der Waals surface area contributed by atoms with Crippen LogP contribution in [0.2, 0.25) is 10.0 Å². The van der Waals surface area contributed by atoms with E-state index in [0.717, 1.165) is 0 Å². The van der Waals surface area contributed by atoms with Gasteiger partial charge in [-0.05, 0) is 12.5 Å². The Balaban J connectivity index is 2.84. The van der Waals surface area contributed by atoms with E-state index in [4.69, 9.17) is 32.7 Å². The van der Waals surface area contributed by atoms with Crippen molar-refractivity contribution in [1.82, 2.24) is 9.97 Å². The Hall–Kier alpha value is -1.30. The van der Waals surface area contributed by atoms with Gasteiger partial charge in [-0.2, -0.15) is 0 Å². The Kier molecular flexibility index (Phi) is 4.52. The summed E-state index contributed by atoms with van der Waals surface area (Å²) in [4.78, 5) is 8.60. The van der Waals surface area contributed by atoms with E-state index in [9.17, 15) is 5.11 Å². The molecule has 0 amide bonds. The minimum absolute atomic E-state index is 0.225. The summed E-state index contributed by atoms with van der Waals surface area (Å²) in [6.45, 7) is 1.84. The van der Waals surface area contributed by atoms with Crippen molar-refractivity contribution < 1.29 is 14.6 Å². The van der Waals surface area contributed by atoms with Crippen molar-refractivity contribution in [2.75, 3.05) is 14.2 Å². The van der Waals surface area contributed by atoms with Crippen LogP contribution in [0.5, 0.6) is 11.8 Å². The summed E-state index contributed by atoms with van der Waals surface area (Å²) in [5.41, 5.74) is 1.39. The predicted octanol–water partition coefficient (Wildman–Crippen LogP) is 3.40. The first-order valence-corrected chi connectivity index (χ1v) is 6.74.